The number of halogens is 2. The van der Waals surface area contributed by atoms with Crippen molar-refractivity contribution in [3.05, 3.63) is 58.9 Å². The summed E-state index contributed by atoms with van der Waals surface area (Å²) in [6.07, 6.45) is 0. The number of rotatable bonds is 7. The Morgan fingerprint density at radius 3 is 2.60 bits per heavy atom. The van der Waals surface area contributed by atoms with Gasteiger partial charge < -0.3 is 25.4 Å². The van der Waals surface area contributed by atoms with Crippen LogP contribution in [0.1, 0.15) is 28.4 Å². The van der Waals surface area contributed by atoms with E-state index in [1.165, 1.54) is 6.07 Å². The van der Waals surface area contributed by atoms with Crippen LogP contribution in [-0.2, 0) is 6.54 Å². The van der Waals surface area contributed by atoms with Crippen LogP contribution in [0.4, 0.5) is 4.39 Å². The van der Waals surface area contributed by atoms with Gasteiger partial charge in [0.05, 0.1) is 6.54 Å². The fourth-order valence-corrected chi connectivity index (χ4v) is 2.74. The Hall–Kier alpha value is -2.56. The molecule has 0 radical (unpaired) electrons. The van der Waals surface area contributed by atoms with E-state index in [1.54, 1.807) is 19.1 Å². The highest BCUT2D eigenvalue weighted by atomic mass is 127. The normalized spacial score (nSPS) is 12.2. The zero-order chi connectivity index (χ0) is 20.6. The standard InChI is InChI=1S/C21H25FN4O3.HI/c1-3-23-21(26-12-15-5-7-18-19(10-15)29-13-28-18)25-9-8-24-20(27)16-6-4-14(2)17(22)11-16;/h4-7,10-11H,3,8-9,12-13H2,1-2H3,(H,24,27)(H2,23,25,26);1H. The lowest BCUT2D eigenvalue weighted by Gasteiger charge is -2.12. The second kappa shape index (κ2) is 11.6. The van der Waals surface area contributed by atoms with E-state index in [4.69, 9.17) is 9.47 Å². The number of carbonyl (C=O) groups excluding carboxylic acids is 1. The van der Waals surface area contributed by atoms with Gasteiger partial charge in [-0.3, -0.25) is 4.79 Å². The molecule has 162 valence electrons. The molecule has 0 aliphatic carbocycles. The monoisotopic (exact) mass is 528 g/mol. The third-order valence-corrected chi connectivity index (χ3v) is 4.34. The number of aryl methyl sites for hydroxylation is 1. The van der Waals surface area contributed by atoms with Gasteiger partial charge in [0.1, 0.15) is 5.82 Å². The minimum Gasteiger partial charge on any atom is -0.454 e. The number of guanidine groups is 1. The van der Waals surface area contributed by atoms with E-state index >= 15 is 0 Å². The van der Waals surface area contributed by atoms with E-state index in [1.807, 2.05) is 25.1 Å². The number of hydrogen-bond acceptors (Lipinski definition) is 4. The van der Waals surface area contributed by atoms with Gasteiger partial charge in [0.15, 0.2) is 17.5 Å². The number of nitrogens with zero attached hydrogens (tertiary/aromatic N) is 1. The predicted octanol–water partition coefficient (Wildman–Crippen LogP) is 2.97. The molecular weight excluding hydrogens is 502 g/mol. The van der Waals surface area contributed by atoms with Gasteiger partial charge in [-0.2, -0.15) is 0 Å². The van der Waals surface area contributed by atoms with Crippen molar-refractivity contribution in [3.63, 3.8) is 0 Å². The molecule has 1 heterocycles. The Bertz CT molecular complexity index is 908. The van der Waals surface area contributed by atoms with Gasteiger partial charge in [-0.25, -0.2) is 9.38 Å². The van der Waals surface area contributed by atoms with Crippen molar-refractivity contribution >= 4 is 35.8 Å². The smallest absolute Gasteiger partial charge is 0.251 e. The zero-order valence-electron chi connectivity index (χ0n) is 17.0. The fraction of sp³-hybridized carbons (Fsp3) is 0.333. The van der Waals surface area contributed by atoms with Crippen LogP contribution in [0.2, 0.25) is 0 Å². The average Bonchev–Trinajstić information content (AvgIpc) is 3.19. The van der Waals surface area contributed by atoms with Gasteiger partial charge in [-0.05, 0) is 49.2 Å². The van der Waals surface area contributed by atoms with Crippen LogP contribution >= 0.6 is 24.0 Å². The van der Waals surface area contributed by atoms with E-state index in [0.717, 1.165) is 17.1 Å². The number of benzene rings is 2. The quantitative estimate of drug-likeness (QED) is 0.223. The minimum absolute atomic E-state index is 0. The van der Waals surface area contributed by atoms with Gasteiger partial charge in [-0.15, -0.1) is 24.0 Å². The molecule has 0 atom stereocenters. The molecule has 0 unspecified atom stereocenters. The third-order valence-electron chi connectivity index (χ3n) is 4.34. The zero-order valence-corrected chi connectivity index (χ0v) is 19.3. The molecule has 2 aromatic carbocycles. The summed E-state index contributed by atoms with van der Waals surface area (Å²) in [7, 11) is 0. The van der Waals surface area contributed by atoms with Crippen LogP contribution in [0.3, 0.4) is 0 Å². The summed E-state index contributed by atoms with van der Waals surface area (Å²) < 4.78 is 24.3. The first-order chi connectivity index (χ1) is 14.1. The van der Waals surface area contributed by atoms with Crippen molar-refractivity contribution in [1.29, 1.82) is 0 Å². The van der Waals surface area contributed by atoms with Crippen LogP contribution in [-0.4, -0.2) is 38.3 Å². The molecule has 3 rings (SSSR count). The minimum atomic E-state index is -0.388. The number of fused-ring (bicyclic) bond motifs is 1. The van der Waals surface area contributed by atoms with Crippen LogP contribution < -0.4 is 25.4 Å². The van der Waals surface area contributed by atoms with Crippen LogP contribution in [0.25, 0.3) is 0 Å². The maximum atomic E-state index is 13.6. The molecule has 2 aromatic rings. The summed E-state index contributed by atoms with van der Waals surface area (Å²) in [5.74, 6) is 1.41. The number of aliphatic imine (C=N–C) groups is 1. The highest BCUT2D eigenvalue weighted by Gasteiger charge is 2.13. The fourth-order valence-electron chi connectivity index (χ4n) is 2.74. The summed E-state index contributed by atoms with van der Waals surface area (Å²) in [5.41, 5.74) is 1.81. The third kappa shape index (κ3) is 6.48. The summed E-state index contributed by atoms with van der Waals surface area (Å²) >= 11 is 0. The molecule has 0 saturated heterocycles. The Morgan fingerprint density at radius 1 is 1.07 bits per heavy atom. The molecule has 30 heavy (non-hydrogen) atoms. The summed E-state index contributed by atoms with van der Waals surface area (Å²) in [6.45, 7) is 5.92. The summed E-state index contributed by atoms with van der Waals surface area (Å²) in [4.78, 5) is 16.6. The lowest BCUT2D eigenvalue weighted by molar-refractivity contribution is 0.0954. The molecule has 0 spiro atoms. The van der Waals surface area contributed by atoms with Crippen molar-refractivity contribution < 1.29 is 18.7 Å². The first-order valence-electron chi connectivity index (χ1n) is 9.52. The molecule has 9 heteroatoms. The second-order valence-electron chi connectivity index (χ2n) is 6.53. The summed E-state index contributed by atoms with van der Waals surface area (Å²) in [6, 6.07) is 10.2. The lowest BCUT2D eigenvalue weighted by atomic mass is 10.1. The van der Waals surface area contributed by atoms with E-state index in [2.05, 4.69) is 20.9 Å². The van der Waals surface area contributed by atoms with Crippen LogP contribution in [0.5, 0.6) is 11.5 Å². The van der Waals surface area contributed by atoms with Gasteiger partial charge in [0.2, 0.25) is 6.79 Å². The molecular formula is C21H26FIN4O3. The first-order valence-corrected chi connectivity index (χ1v) is 9.52. The van der Waals surface area contributed by atoms with Crippen molar-refractivity contribution in [2.45, 2.75) is 20.4 Å². The molecule has 0 bridgehead atoms. The number of nitrogens with one attached hydrogen (secondary N) is 3. The van der Waals surface area contributed by atoms with E-state index < -0.39 is 0 Å². The Morgan fingerprint density at radius 2 is 1.83 bits per heavy atom. The maximum Gasteiger partial charge on any atom is 0.251 e. The number of amides is 1. The number of carbonyl (C=O) groups is 1. The highest BCUT2D eigenvalue weighted by molar-refractivity contribution is 14.0. The van der Waals surface area contributed by atoms with Gasteiger partial charge >= 0.3 is 0 Å². The highest BCUT2D eigenvalue weighted by Crippen LogP contribution is 2.32. The van der Waals surface area contributed by atoms with Crippen LogP contribution in [0, 0.1) is 12.7 Å². The van der Waals surface area contributed by atoms with Gasteiger partial charge in [-0.1, -0.05) is 12.1 Å². The maximum absolute atomic E-state index is 13.6. The molecule has 1 amide bonds. The molecule has 3 N–H and O–H groups in total. The predicted molar refractivity (Wildman–Crippen MR) is 124 cm³/mol. The Labute approximate surface area is 192 Å². The molecule has 0 saturated carbocycles. The number of ether oxygens (including phenoxy) is 2. The van der Waals surface area contributed by atoms with E-state index in [9.17, 15) is 9.18 Å². The van der Waals surface area contributed by atoms with Crippen molar-refractivity contribution in [2.24, 2.45) is 4.99 Å². The topological polar surface area (TPSA) is 84.0 Å². The molecule has 0 aromatic heterocycles. The van der Waals surface area contributed by atoms with Gasteiger partial charge in [0.25, 0.3) is 5.91 Å². The molecule has 0 fully saturated rings. The number of hydrogen-bond donors (Lipinski definition) is 3. The average molecular weight is 528 g/mol. The largest absolute Gasteiger partial charge is 0.454 e. The Balaban J connectivity index is 0.00000320. The summed E-state index contributed by atoms with van der Waals surface area (Å²) in [5, 5.41) is 9.09. The molecule has 1 aliphatic rings. The van der Waals surface area contributed by atoms with E-state index in [-0.39, 0.29) is 42.5 Å². The SMILES string of the molecule is CCNC(=NCc1ccc2c(c1)OCO2)NCCNC(=O)c1ccc(C)c(F)c1.I. The van der Waals surface area contributed by atoms with Gasteiger partial charge in [0, 0.05) is 25.2 Å². The molecule has 7 nitrogen and oxygen atoms in total. The van der Waals surface area contributed by atoms with Crippen molar-refractivity contribution in [2.75, 3.05) is 26.4 Å². The Kier molecular flexibility index (Phi) is 9.15. The van der Waals surface area contributed by atoms with Crippen LogP contribution in [0.15, 0.2) is 41.4 Å². The van der Waals surface area contributed by atoms with Crippen molar-refractivity contribution in [1.82, 2.24) is 16.0 Å². The second-order valence-corrected chi connectivity index (χ2v) is 6.53. The lowest BCUT2D eigenvalue weighted by Crippen LogP contribution is -2.41. The van der Waals surface area contributed by atoms with E-state index in [0.29, 0.717) is 43.3 Å². The van der Waals surface area contributed by atoms with Crippen molar-refractivity contribution in [3.8, 4) is 11.5 Å². The molecule has 1 aliphatic heterocycles. The first kappa shape index (κ1) is 23.7.